The molecule has 20 heavy (non-hydrogen) atoms. The normalized spacial score (nSPS) is 13.2. The van der Waals surface area contributed by atoms with Gasteiger partial charge in [-0.15, -0.1) is 0 Å². The molecule has 0 bridgehead atoms. The molecule has 106 valence electrons. The fourth-order valence-corrected chi connectivity index (χ4v) is 2.81. The molecule has 2 aromatic rings. The molecule has 2 heteroatoms. The van der Waals surface area contributed by atoms with E-state index >= 15 is 0 Å². The molecule has 0 aliphatic rings. The molecule has 2 aromatic carbocycles. The van der Waals surface area contributed by atoms with E-state index < -0.39 is 5.60 Å². The van der Waals surface area contributed by atoms with E-state index in [1.54, 1.807) is 0 Å². The van der Waals surface area contributed by atoms with Crippen LogP contribution < -0.4 is 5.73 Å². The van der Waals surface area contributed by atoms with E-state index in [2.05, 4.69) is 55.5 Å². The maximum absolute atomic E-state index is 6.27. The molecular formula is C18H23NO. The van der Waals surface area contributed by atoms with Crippen LogP contribution in [0.2, 0.25) is 0 Å². The van der Waals surface area contributed by atoms with Crippen molar-refractivity contribution in [3.05, 3.63) is 71.8 Å². The van der Waals surface area contributed by atoms with Gasteiger partial charge in [0.2, 0.25) is 0 Å². The minimum atomic E-state index is -0.480. The summed E-state index contributed by atoms with van der Waals surface area (Å²) in [6.45, 7) is 5.40. The summed E-state index contributed by atoms with van der Waals surface area (Å²) >= 11 is 0. The quantitative estimate of drug-likeness (QED) is 0.870. The Balaban J connectivity index is 2.63. The van der Waals surface area contributed by atoms with E-state index in [-0.39, 0.29) is 5.92 Å². The molecule has 0 spiro atoms. The SMILES string of the molecule is CCOC(c1ccccc1)(c1ccccc1)C(C)CN. The lowest BCUT2D eigenvalue weighted by Crippen LogP contribution is -2.41. The number of nitrogens with two attached hydrogens (primary N) is 1. The smallest absolute Gasteiger partial charge is 0.122 e. The van der Waals surface area contributed by atoms with Crippen molar-refractivity contribution in [3.63, 3.8) is 0 Å². The fourth-order valence-electron chi connectivity index (χ4n) is 2.81. The Morgan fingerprint density at radius 3 is 1.75 bits per heavy atom. The lowest BCUT2D eigenvalue weighted by molar-refractivity contribution is -0.0485. The summed E-state index contributed by atoms with van der Waals surface area (Å²) in [7, 11) is 0. The summed E-state index contributed by atoms with van der Waals surface area (Å²) in [6, 6.07) is 20.7. The molecule has 0 saturated heterocycles. The Morgan fingerprint density at radius 1 is 0.950 bits per heavy atom. The summed E-state index contributed by atoms with van der Waals surface area (Å²) in [5, 5.41) is 0. The van der Waals surface area contributed by atoms with Gasteiger partial charge in [-0.05, 0) is 24.6 Å². The van der Waals surface area contributed by atoms with Crippen LogP contribution in [0.1, 0.15) is 25.0 Å². The van der Waals surface area contributed by atoms with Gasteiger partial charge in [-0.1, -0.05) is 67.6 Å². The first-order chi connectivity index (χ1) is 9.75. The second-order valence-electron chi connectivity index (χ2n) is 5.04. The molecule has 2 rings (SSSR count). The number of hydrogen-bond acceptors (Lipinski definition) is 2. The monoisotopic (exact) mass is 269 g/mol. The van der Waals surface area contributed by atoms with Crippen molar-refractivity contribution in [3.8, 4) is 0 Å². The maximum atomic E-state index is 6.27. The molecule has 0 amide bonds. The van der Waals surface area contributed by atoms with Crippen LogP contribution in [0.5, 0.6) is 0 Å². The Morgan fingerprint density at radius 2 is 1.40 bits per heavy atom. The van der Waals surface area contributed by atoms with Gasteiger partial charge < -0.3 is 10.5 Å². The highest BCUT2D eigenvalue weighted by atomic mass is 16.5. The molecule has 0 radical (unpaired) electrons. The third-order valence-corrected chi connectivity index (χ3v) is 3.82. The highest BCUT2D eigenvalue weighted by Crippen LogP contribution is 2.40. The van der Waals surface area contributed by atoms with E-state index in [0.717, 1.165) is 11.1 Å². The van der Waals surface area contributed by atoms with Gasteiger partial charge in [0.1, 0.15) is 5.60 Å². The van der Waals surface area contributed by atoms with Gasteiger partial charge in [-0.25, -0.2) is 0 Å². The fraction of sp³-hybridized carbons (Fsp3) is 0.333. The van der Waals surface area contributed by atoms with Crippen molar-refractivity contribution in [2.45, 2.75) is 19.4 Å². The van der Waals surface area contributed by atoms with Gasteiger partial charge in [-0.3, -0.25) is 0 Å². The molecule has 0 saturated carbocycles. The number of rotatable bonds is 6. The summed E-state index contributed by atoms with van der Waals surface area (Å²) in [4.78, 5) is 0. The predicted octanol–water partition coefficient (Wildman–Crippen LogP) is 3.56. The number of benzene rings is 2. The molecule has 0 heterocycles. The molecule has 0 aliphatic heterocycles. The van der Waals surface area contributed by atoms with Gasteiger partial charge in [0.05, 0.1) is 0 Å². The number of ether oxygens (including phenoxy) is 1. The Labute approximate surface area is 121 Å². The summed E-state index contributed by atoms with van der Waals surface area (Å²) in [5.41, 5.74) is 7.82. The van der Waals surface area contributed by atoms with Crippen LogP contribution in [0.4, 0.5) is 0 Å². The van der Waals surface area contributed by atoms with Crippen LogP contribution in [0.15, 0.2) is 60.7 Å². The summed E-state index contributed by atoms with van der Waals surface area (Å²) in [6.07, 6.45) is 0. The summed E-state index contributed by atoms with van der Waals surface area (Å²) < 4.78 is 6.27. The van der Waals surface area contributed by atoms with Crippen molar-refractivity contribution in [1.29, 1.82) is 0 Å². The van der Waals surface area contributed by atoms with Crippen LogP contribution in [0, 0.1) is 5.92 Å². The molecular weight excluding hydrogens is 246 g/mol. The van der Waals surface area contributed by atoms with E-state index in [1.165, 1.54) is 0 Å². The third kappa shape index (κ3) is 2.62. The first-order valence-corrected chi connectivity index (χ1v) is 7.20. The molecule has 1 atom stereocenters. The molecule has 0 aliphatic carbocycles. The minimum Gasteiger partial charge on any atom is -0.365 e. The average molecular weight is 269 g/mol. The lowest BCUT2D eigenvalue weighted by Gasteiger charge is -2.39. The topological polar surface area (TPSA) is 35.2 Å². The molecule has 1 unspecified atom stereocenters. The molecule has 0 fully saturated rings. The largest absolute Gasteiger partial charge is 0.365 e. The second kappa shape index (κ2) is 6.69. The van der Waals surface area contributed by atoms with Gasteiger partial charge in [0.25, 0.3) is 0 Å². The highest BCUT2D eigenvalue weighted by Gasteiger charge is 2.39. The van der Waals surface area contributed by atoms with Crippen LogP contribution in [0.25, 0.3) is 0 Å². The molecule has 2 nitrogen and oxygen atoms in total. The molecule has 2 N–H and O–H groups in total. The van der Waals surface area contributed by atoms with Gasteiger partial charge >= 0.3 is 0 Å². The Bertz CT molecular complexity index is 470. The number of hydrogen-bond donors (Lipinski definition) is 1. The van der Waals surface area contributed by atoms with Crippen molar-refractivity contribution < 1.29 is 4.74 Å². The maximum Gasteiger partial charge on any atom is 0.122 e. The Hall–Kier alpha value is -1.64. The van der Waals surface area contributed by atoms with E-state index in [0.29, 0.717) is 13.2 Å². The predicted molar refractivity (Wildman–Crippen MR) is 83.5 cm³/mol. The van der Waals surface area contributed by atoms with Crippen LogP contribution in [0.3, 0.4) is 0 Å². The molecule has 0 aromatic heterocycles. The minimum absolute atomic E-state index is 0.187. The zero-order chi connectivity index (χ0) is 14.4. The van der Waals surface area contributed by atoms with Crippen molar-refractivity contribution in [2.24, 2.45) is 11.7 Å². The van der Waals surface area contributed by atoms with Crippen LogP contribution in [-0.2, 0) is 10.3 Å². The van der Waals surface area contributed by atoms with E-state index in [1.807, 2.05) is 19.1 Å². The Kier molecular flexibility index (Phi) is 4.94. The first kappa shape index (κ1) is 14.8. The second-order valence-corrected chi connectivity index (χ2v) is 5.04. The van der Waals surface area contributed by atoms with Crippen molar-refractivity contribution in [2.75, 3.05) is 13.2 Å². The van der Waals surface area contributed by atoms with Gasteiger partial charge in [0, 0.05) is 12.5 Å². The van der Waals surface area contributed by atoms with Gasteiger partial charge in [0.15, 0.2) is 0 Å². The van der Waals surface area contributed by atoms with Crippen molar-refractivity contribution in [1.82, 2.24) is 0 Å². The van der Waals surface area contributed by atoms with Gasteiger partial charge in [-0.2, -0.15) is 0 Å². The van der Waals surface area contributed by atoms with E-state index in [4.69, 9.17) is 10.5 Å². The lowest BCUT2D eigenvalue weighted by atomic mass is 9.76. The highest BCUT2D eigenvalue weighted by molar-refractivity contribution is 5.37. The average Bonchev–Trinajstić information content (AvgIpc) is 2.53. The van der Waals surface area contributed by atoms with Crippen LogP contribution in [-0.4, -0.2) is 13.2 Å². The standard InChI is InChI=1S/C18H23NO/c1-3-20-18(15(2)14-19,16-10-6-4-7-11-16)17-12-8-5-9-13-17/h4-13,15H,3,14,19H2,1-2H3. The summed E-state index contributed by atoms with van der Waals surface area (Å²) in [5.74, 6) is 0.187. The zero-order valence-electron chi connectivity index (χ0n) is 12.3. The zero-order valence-corrected chi connectivity index (χ0v) is 12.3. The van der Waals surface area contributed by atoms with Crippen molar-refractivity contribution >= 4 is 0 Å². The van der Waals surface area contributed by atoms with Crippen LogP contribution >= 0.6 is 0 Å². The van der Waals surface area contributed by atoms with E-state index in [9.17, 15) is 0 Å². The first-order valence-electron chi connectivity index (χ1n) is 7.20. The third-order valence-electron chi connectivity index (χ3n) is 3.82.